The van der Waals surface area contributed by atoms with E-state index < -0.39 is 21.5 Å². The molecule has 0 saturated carbocycles. The van der Waals surface area contributed by atoms with Gasteiger partial charge in [0.1, 0.15) is 0 Å². The third-order valence-corrected chi connectivity index (χ3v) is 65.4. The van der Waals surface area contributed by atoms with Gasteiger partial charge in [0.15, 0.2) is 0 Å². The number of hydrogen-bond acceptors (Lipinski definition) is 2. The number of fused-ring (bicyclic) bond motifs is 4. The van der Waals surface area contributed by atoms with E-state index in [0.717, 1.165) is 82.8 Å². The Hall–Kier alpha value is -2.82. The summed E-state index contributed by atoms with van der Waals surface area (Å²) >= 11 is 7.57. The topological polar surface area (TPSA) is 26.3 Å². The summed E-state index contributed by atoms with van der Waals surface area (Å²) in [5.41, 5.74) is 17.8. The molecule has 0 amide bonds. The molecule has 2 atom stereocenters. The summed E-state index contributed by atoms with van der Waals surface area (Å²) in [6.45, 7) is 8.87. The number of halogens is 4. The van der Waals surface area contributed by atoms with E-state index in [1.807, 2.05) is 38.1 Å². The predicted octanol–water partition coefficient (Wildman–Crippen LogP) is 15.0. The molecule has 0 saturated heterocycles. The van der Waals surface area contributed by atoms with Crippen molar-refractivity contribution in [3.63, 3.8) is 0 Å². The van der Waals surface area contributed by atoms with Crippen LogP contribution >= 0.6 is 40.2 Å². The first-order valence-corrected chi connectivity index (χ1v) is 37.0. The van der Waals surface area contributed by atoms with Gasteiger partial charge in [-0.3, -0.25) is 0 Å². The van der Waals surface area contributed by atoms with Crippen LogP contribution in [0.3, 0.4) is 0 Å². The fourth-order valence-corrected chi connectivity index (χ4v) is 40.9. The number of aryl methyl sites for hydroxylation is 4. The molecule has 0 bridgehead atoms. The minimum atomic E-state index is -5.39. The molecule has 4 aliphatic carbocycles. The van der Waals surface area contributed by atoms with Crippen LogP contribution in [0.1, 0.15) is 87.6 Å². The van der Waals surface area contributed by atoms with E-state index in [4.69, 9.17) is 49.1 Å². The Morgan fingerprint density at radius 1 is 0.571 bits per heavy atom. The number of furan rings is 2. The minimum absolute atomic E-state index is 0.202. The van der Waals surface area contributed by atoms with Crippen molar-refractivity contribution >= 4 is 69.4 Å². The maximum absolute atomic E-state index is 9.08. The average molecular weight is 913 g/mol. The van der Waals surface area contributed by atoms with E-state index in [1.54, 1.807) is 0 Å². The van der Waals surface area contributed by atoms with Crippen LogP contribution in [0.25, 0.3) is 45.6 Å². The molecule has 4 aromatic carbocycles. The maximum atomic E-state index is 9.08. The quantitative estimate of drug-likeness (QED) is 0.149. The van der Waals surface area contributed by atoms with E-state index in [-0.39, 0.29) is 7.25 Å². The van der Waals surface area contributed by atoms with Gasteiger partial charge in [-0.2, -0.15) is 0 Å². The molecule has 0 N–H and O–H groups in total. The zero-order valence-electron chi connectivity index (χ0n) is 32.0. The van der Waals surface area contributed by atoms with E-state index in [2.05, 4.69) is 85.9 Å². The molecule has 4 aliphatic rings. The molecule has 6 aromatic rings. The number of rotatable bonds is 7. The molecular weight excluding hydrogens is 870 g/mol. The van der Waals surface area contributed by atoms with Crippen molar-refractivity contribution in [2.24, 2.45) is 0 Å². The molecule has 0 spiro atoms. The summed E-state index contributed by atoms with van der Waals surface area (Å²) in [6, 6.07) is 30.1. The van der Waals surface area contributed by atoms with E-state index in [0.29, 0.717) is 0 Å². The van der Waals surface area contributed by atoms with Gasteiger partial charge in [-0.15, -0.1) is 0 Å². The van der Waals surface area contributed by atoms with Crippen molar-refractivity contribution in [3.05, 3.63) is 163 Å². The van der Waals surface area contributed by atoms with Crippen LogP contribution in [-0.4, -0.2) is 5.92 Å². The molecule has 10 rings (SSSR count). The van der Waals surface area contributed by atoms with Crippen LogP contribution in [0.15, 0.2) is 93.8 Å². The van der Waals surface area contributed by atoms with Crippen molar-refractivity contribution in [2.45, 2.75) is 72.7 Å². The van der Waals surface area contributed by atoms with Gasteiger partial charge >= 0.3 is 351 Å². The number of hydrogen-bond donors (Lipinski definition) is 0. The molecule has 2 aromatic heterocycles. The second-order valence-corrected chi connectivity index (χ2v) is 60.2. The Balaban J connectivity index is 1.29. The van der Waals surface area contributed by atoms with Crippen LogP contribution in [0.5, 0.6) is 0 Å². The fourth-order valence-electron chi connectivity index (χ4n) is 10.7. The molecule has 283 valence electrons. The Morgan fingerprint density at radius 2 is 0.982 bits per heavy atom. The SMILES string of the molecule is Cc1ccc(C2=Cc3c(cc4c(c3-c3ccc(Cl)cc3)CCC4)[CH]2[Zr]([Cl])([Cl])([CH]2C(c3ccc(C)o3)=Cc3c2cc2c(c3-c3ccc(Cl)cc3)CCC2)[SiH](C)C)o1. The van der Waals surface area contributed by atoms with Crippen LogP contribution in [0.4, 0.5) is 0 Å². The van der Waals surface area contributed by atoms with Gasteiger partial charge in [0.25, 0.3) is 0 Å². The van der Waals surface area contributed by atoms with E-state index in [9.17, 15) is 0 Å². The summed E-state index contributed by atoms with van der Waals surface area (Å²) in [6.07, 6.45) is 11.2. The first kappa shape index (κ1) is 37.5. The molecule has 2 heterocycles. The molecular formula is C48H43Cl4O2SiZr. The van der Waals surface area contributed by atoms with Crippen LogP contribution in [-0.2, 0) is 41.2 Å². The van der Waals surface area contributed by atoms with Gasteiger partial charge in [-0.05, 0) is 0 Å². The van der Waals surface area contributed by atoms with Gasteiger partial charge in [-0.1, -0.05) is 0 Å². The molecule has 8 heteroatoms. The van der Waals surface area contributed by atoms with E-state index >= 15 is 0 Å². The number of allylic oxidation sites excluding steroid dienone is 2. The summed E-state index contributed by atoms with van der Waals surface area (Å²) in [5.74, 6) is 1.52. The van der Waals surface area contributed by atoms with Gasteiger partial charge in [-0.25, -0.2) is 0 Å². The second kappa shape index (κ2) is 13.6. The van der Waals surface area contributed by atoms with Crippen LogP contribution in [0, 0.1) is 13.8 Å². The van der Waals surface area contributed by atoms with Crippen LogP contribution in [0.2, 0.25) is 23.1 Å². The average Bonchev–Trinajstić information content (AvgIpc) is 4.03. The number of benzene rings is 4. The van der Waals surface area contributed by atoms with Gasteiger partial charge in [0.2, 0.25) is 0 Å². The first-order chi connectivity index (χ1) is 26.9. The summed E-state index contributed by atoms with van der Waals surface area (Å²) in [5, 5.41) is 1.47. The Labute approximate surface area is 348 Å². The van der Waals surface area contributed by atoms with E-state index in [1.165, 1.54) is 66.8 Å². The standard InChI is InChI=1S/2C23H18ClO.C2H7Si.2ClH.Zr/c2*1-14-5-10-22(25-14)18-12-17-11-16-3-2-4-20(16)23(21(17)13-18)15-6-8-19(24)9-7-15;1-3-2;;;/h2*5-13H,2-4H2,1H3;3H,1-2H3;2*1H;/q;;;;;+2/p-2. The second-order valence-electron chi connectivity index (χ2n) is 16.8. The van der Waals surface area contributed by atoms with Crippen LogP contribution < -0.4 is 0 Å². The zero-order valence-corrected chi connectivity index (χ0v) is 38.7. The van der Waals surface area contributed by atoms with Crippen molar-refractivity contribution in [3.8, 4) is 22.3 Å². The predicted molar refractivity (Wildman–Crippen MR) is 237 cm³/mol. The molecule has 0 fully saturated rings. The van der Waals surface area contributed by atoms with Crippen molar-refractivity contribution < 1.29 is 24.4 Å². The third-order valence-electron chi connectivity index (χ3n) is 13.3. The molecule has 0 radical (unpaired) electrons. The van der Waals surface area contributed by atoms with Gasteiger partial charge in [0.05, 0.1) is 0 Å². The van der Waals surface area contributed by atoms with Gasteiger partial charge in [0, 0.05) is 0 Å². The molecule has 2 nitrogen and oxygen atoms in total. The van der Waals surface area contributed by atoms with Crippen molar-refractivity contribution in [1.82, 2.24) is 0 Å². The Morgan fingerprint density at radius 3 is 1.34 bits per heavy atom. The zero-order chi connectivity index (χ0) is 38.7. The normalized spacial score (nSPS) is 19.1. The van der Waals surface area contributed by atoms with Crippen molar-refractivity contribution in [2.75, 3.05) is 0 Å². The summed E-state index contributed by atoms with van der Waals surface area (Å²) in [4.78, 5) is 0. The molecule has 56 heavy (non-hydrogen) atoms. The first-order valence-electron chi connectivity index (χ1n) is 19.9. The molecule has 0 aliphatic heterocycles. The van der Waals surface area contributed by atoms with Gasteiger partial charge < -0.3 is 0 Å². The summed E-state index contributed by atoms with van der Waals surface area (Å²) < 4.78 is 12.8. The third kappa shape index (κ3) is 5.64. The Bertz CT molecular complexity index is 2490. The fraction of sp³-hybridized carbons (Fsp3) is 0.250. The monoisotopic (exact) mass is 909 g/mol. The summed E-state index contributed by atoms with van der Waals surface area (Å²) in [7, 11) is 18.2. The van der Waals surface area contributed by atoms with Crippen molar-refractivity contribution in [1.29, 1.82) is 0 Å². The Kier molecular flexibility index (Phi) is 9.11. The molecule has 2 unspecified atom stereocenters.